The number of aromatic amines is 2. The van der Waals surface area contributed by atoms with E-state index in [-0.39, 0.29) is 11.7 Å². The summed E-state index contributed by atoms with van der Waals surface area (Å²) in [6.07, 6.45) is 4.92. The Balaban J connectivity index is 1.34. The third-order valence-corrected chi connectivity index (χ3v) is 5.63. The molecule has 1 fully saturated rings. The maximum Gasteiger partial charge on any atom is 0.253 e. The van der Waals surface area contributed by atoms with E-state index in [4.69, 9.17) is 4.74 Å². The SMILES string of the molecule is Cc1cc(C(=O)N2CCC3(CC2)CC(=O)c2n[nH]cc2O3)cc2cn[nH]c12. The first-order valence-electron chi connectivity index (χ1n) is 9.04. The Morgan fingerprint density at radius 3 is 2.93 bits per heavy atom. The number of benzene rings is 1. The number of ether oxygens (including phenoxy) is 1. The Bertz CT molecular complexity index is 1060. The Kier molecular flexibility index (Phi) is 3.37. The molecule has 3 aromatic rings. The first-order valence-corrected chi connectivity index (χ1v) is 9.04. The first-order chi connectivity index (χ1) is 13.0. The standard InChI is InChI=1S/C19H19N5O3/c1-11-6-12(7-13-9-20-22-16(11)13)18(26)24-4-2-19(3-5-24)8-14(25)17-15(27-19)10-21-23-17/h6-7,9-10H,2-5,8H2,1H3,(H,20,22)(H,21,23). The maximum atomic E-state index is 13.0. The third-order valence-electron chi connectivity index (χ3n) is 5.63. The van der Waals surface area contributed by atoms with Gasteiger partial charge in [-0.1, -0.05) is 0 Å². The van der Waals surface area contributed by atoms with E-state index in [1.54, 1.807) is 12.4 Å². The molecule has 1 saturated heterocycles. The molecule has 8 nitrogen and oxygen atoms in total. The molecule has 0 saturated carbocycles. The topological polar surface area (TPSA) is 104 Å². The molecule has 2 N–H and O–H groups in total. The Morgan fingerprint density at radius 2 is 2.11 bits per heavy atom. The van der Waals surface area contributed by atoms with Gasteiger partial charge in [0.25, 0.3) is 5.91 Å². The van der Waals surface area contributed by atoms with E-state index in [0.717, 1.165) is 16.5 Å². The fourth-order valence-electron chi connectivity index (χ4n) is 4.14. The van der Waals surface area contributed by atoms with Gasteiger partial charge < -0.3 is 9.64 Å². The first kappa shape index (κ1) is 16.0. The normalized spacial score (nSPS) is 18.6. The van der Waals surface area contributed by atoms with Crippen LogP contribution in [0, 0.1) is 6.92 Å². The van der Waals surface area contributed by atoms with Crippen molar-refractivity contribution in [2.45, 2.75) is 31.8 Å². The van der Waals surface area contributed by atoms with Crippen LogP contribution in [0.25, 0.3) is 10.9 Å². The van der Waals surface area contributed by atoms with Gasteiger partial charge in [0.2, 0.25) is 0 Å². The van der Waals surface area contributed by atoms with E-state index in [2.05, 4.69) is 20.4 Å². The maximum absolute atomic E-state index is 13.0. The lowest BCUT2D eigenvalue weighted by molar-refractivity contribution is -0.00581. The largest absolute Gasteiger partial charge is 0.483 e. The van der Waals surface area contributed by atoms with Crippen molar-refractivity contribution in [2.75, 3.05) is 13.1 Å². The number of nitrogens with zero attached hydrogens (tertiary/aromatic N) is 3. The molecule has 138 valence electrons. The highest BCUT2D eigenvalue weighted by molar-refractivity contribution is 5.99. The van der Waals surface area contributed by atoms with E-state index in [1.165, 1.54) is 0 Å². The number of nitrogens with one attached hydrogen (secondary N) is 2. The van der Waals surface area contributed by atoms with Gasteiger partial charge in [0, 0.05) is 36.9 Å². The second kappa shape index (κ2) is 5.67. The van der Waals surface area contributed by atoms with Crippen molar-refractivity contribution < 1.29 is 14.3 Å². The number of carbonyl (C=O) groups excluding carboxylic acids is 2. The van der Waals surface area contributed by atoms with Gasteiger partial charge in [-0.3, -0.25) is 19.8 Å². The molecule has 0 unspecified atom stereocenters. The molecule has 2 aliphatic rings. The van der Waals surface area contributed by atoms with Crippen LogP contribution in [-0.4, -0.2) is 55.7 Å². The number of H-pyrrole nitrogens is 2. The number of aryl methyl sites for hydroxylation is 1. The van der Waals surface area contributed by atoms with Crippen molar-refractivity contribution in [1.29, 1.82) is 0 Å². The van der Waals surface area contributed by atoms with E-state index in [0.29, 0.717) is 49.4 Å². The number of aromatic nitrogens is 4. The number of piperidine rings is 1. The van der Waals surface area contributed by atoms with Gasteiger partial charge in [-0.25, -0.2) is 0 Å². The Hall–Kier alpha value is -3.16. The minimum Gasteiger partial charge on any atom is -0.483 e. The van der Waals surface area contributed by atoms with E-state index < -0.39 is 5.60 Å². The lowest BCUT2D eigenvalue weighted by Crippen LogP contribution is -2.52. The molecule has 2 aliphatic heterocycles. The van der Waals surface area contributed by atoms with E-state index in [1.807, 2.05) is 24.0 Å². The summed E-state index contributed by atoms with van der Waals surface area (Å²) in [6, 6.07) is 3.77. The minimum absolute atomic E-state index is 0.00156. The molecule has 5 rings (SSSR count). The lowest BCUT2D eigenvalue weighted by atomic mass is 9.83. The van der Waals surface area contributed by atoms with Gasteiger partial charge >= 0.3 is 0 Å². The summed E-state index contributed by atoms with van der Waals surface area (Å²) in [5.41, 5.74) is 2.46. The zero-order chi connectivity index (χ0) is 18.6. The van der Waals surface area contributed by atoms with Gasteiger partial charge in [0.15, 0.2) is 17.2 Å². The molecule has 1 aromatic carbocycles. The number of ketones is 1. The zero-order valence-corrected chi connectivity index (χ0v) is 14.9. The molecular weight excluding hydrogens is 346 g/mol. The van der Waals surface area contributed by atoms with Crippen LogP contribution in [0.4, 0.5) is 0 Å². The number of amides is 1. The van der Waals surface area contributed by atoms with Gasteiger partial charge in [0.05, 0.1) is 24.3 Å². The van der Waals surface area contributed by atoms with Crippen LogP contribution in [0.1, 0.15) is 45.7 Å². The molecule has 0 atom stereocenters. The van der Waals surface area contributed by atoms with Gasteiger partial charge in [-0.15, -0.1) is 0 Å². The second-order valence-electron chi connectivity index (χ2n) is 7.40. The Labute approximate surface area is 154 Å². The average Bonchev–Trinajstić information content (AvgIpc) is 3.31. The van der Waals surface area contributed by atoms with Gasteiger partial charge in [0.1, 0.15) is 5.60 Å². The summed E-state index contributed by atoms with van der Waals surface area (Å²) in [5, 5.41) is 14.6. The molecule has 2 aromatic heterocycles. The average molecular weight is 365 g/mol. The van der Waals surface area contributed by atoms with Gasteiger partial charge in [-0.05, 0) is 24.6 Å². The summed E-state index contributed by atoms with van der Waals surface area (Å²) in [6.45, 7) is 3.08. The van der Waals surface area contributed by atoms with E-state index in [9.17, 15) is 9.59 Å². The molecule has 1 spiro atoms. The van der Waals surface area contributed by atoms with Crippen LogP contribution in [0.15, 0.2) is 24.5 Å². The number of likely N-dealkylation sites (tertiary alicyclic amines) is 1. The minimum atomic E-state index is -0.533. The number of rotatable bonds is 1. The van der Waals surface area contributed by atoms with Crippen molar-refractivity contribution in [3.63, 3.8) is 0 Å². The number of hydrogen-bond acceptors (Lipinski definition) is 5. The lowest BCUT2D eigenvalue weighted by Gasteiger charge is -2.43. The molecule has 27 heavy (non-hydrogen) atoms. The monoisotopic (exact) mass is 365 g/mol. The summed E-state index contributed by atoms with van der Waals surface area (Å²) in [4.78, 5) is 27.2. The molecule has 8 heteroatoms. The quantitative estimate of drug-likeness (QED) is 0.688. The highest BCUT2D eigenvalue weighted by Crippen LogP contribution is 2.38. The smallest absolute Gasteiger partial charge is 0.253 e. The van der Waals surface area contributed by atoms with Crippen LogP contribution >= 0.6 is 0 Å². The Morgan fingerprint density at radius 1 is 1.30 bits per heavy atom. The predicted molar refractivity (Wildman–Crippen MR) is 96.9 cm³/mol. The van der Waals surface area contributed by atoms with Crippen LogP contribution in [0.3, 0.4) is 0 Å². The molecule has 0 bridgehead atoms. The second-order valence-corrected chi connectivity index (χ2v) is 7.40. The van der Waals surface area contributed by atoms with Crippen molar-refractivity contribution in [3.05, 3.63) is 41.3 Å². The van der Waals surface area contributed by atoms with Crippen molar-refractivity contribution >= 4 is 22.6 Å². The highest BCUT2D eigenvalue weighted by atomic mass is 16.5. The van der Waals surface area contributed by atoms with Gasteiger partial charge in [-0.2, -0.15) is 10.2 Å². The van der Waals surface area contributed by atoms with Crippen LogP contribution in [-0.2, 0) is 0 Å². The van der Waals surface area contributed by atoms with Crippen molar-refractivity contribution in [3.8, 4) is 5.75 Å². The molecular formula is C19H19N5O3. The molecule has 0 aliphatic carbocycles. The fraction of sp³-hybridized carbons (Fsp3) is 0.368. The van der Waals surface area contributed by atoms with Crippen LogP contribution in [0.5, 0.6) is 5.75 Å². The molecule has 1 amide bonds. The summed E-state index contributed by atoms with van der Waals surface area (Å²) >= 11 is 0. The number of fused-ring (bicyclic) bond motifs is 2. The number of carbonyl (C=O) groups is 2. The van der Waals surface area contributed by atoms with Crippen molar-refractivity contribution in [2.24, 2.45) is 0 Å². The third kappa shape index (κ3) is 2.51. The van der Waals surface area contributed by atoms with Crippen LogP contribution < -0.4 is 4.74 Å². The van der Waals surface area contributed by atoms with Crippen LogP contribution in [0.2, 0.25) is 0 Å². The summed E-state index contributed by atoms with van der Waals surface area (Å²) in [5.74, 6) is 0.521. The summed E-state index contributed by atoms with van der Waals surface area (Å²) < 4.78 is 6.11. The van der Waals surface area contributed by atoms with Crippen molar-refractivity contribution in [1.82, 2.24) is 25.3 Å². The summed E-state index contributed by atoms with van der Waals surface area (Å²) in [7, 11) is 0. The molecule has 0 radical (unpaired) electrons. The number of Topliss-reactive ketones (excluding diaryl/α,β-unsaturated/α-hetero) is 1. The predicted octanol–water partition coefficient (Wildman–Crippen LogP) is 2.23. The zero-order valence-electron chi connectivity index (χ0n) is 14.9. The highest BCUT2D eigenvalue weighted by Gasteiger charge is 2.44. The fourth-order valence-corrected chi connectivity index (χ4v) is 4.14. The number of hydrogen-bond donors (Lipinski definition) is 2. The molecule has 4 heterocycles. The van der Waals surface area contributed by atoms with E-state index >= 15 is 0 Å².